The van der Waals surface area contributed by atoms with E-state index in [1.165, 1.54) is 4.90 Å². The van der Waals surface area contributed by atoms with Gasteiger partial charge >= 0.3 is 0 Å². The number of rotatable bonds is 6. The Labute approximate surface area is 174 Å². The van der Waals surface area contributed by atoms with E-state index in [1.807, 2.05) is 26.0 Å². The van der Waals surface area contributed by atoms with E-state index in [0.717, 1.165) is 11.1 Å². The number of hydrogen-bond donors (Lipinski definition) is 2. The average molecular weight is 409 g/mol. The van der Waals surface area contributed by atoms with Gasteiger partial charge in [-0.05, 0) is 37.6 Å². The number of aryl methyl sites for hydroxylation is 2. The minimum Gasteiger partial charge on any atom is -0.482 e. The first kappa shape index (κ1) is 21.0. The van der Waals surface area contributed by atoms with Crippen molar-refractivity contribution in [2.45, 2.75) is 26.7 Å². The van der Waals surface area contributed by atoms with Crippen LogP contribution in [0.5, 0.6) is 5.75 Å². The van der Waals surface area contributed by atoms with Crippen LogP contribution in [0.4, 0.5) is 5.69 Å². The van der Waals surface area contributed by atoms with Crippen molar-refractivity contribution in [3.8, 4) is 5.75 Å². The molecule has 156 valence electrons. The number of fused-ring (bicyclic) bond motifs is 1. The minimum atomic E-state index is -0.561. The Morgan fingerprint density at radius 1 is 1.00 bits per heavy atom. The number of ether oxygens (including phenoxy) is 1. The van der Waals surface area contributed by atoms with Crippen LogP contribution in [0.2, 0.25) is 0 Å². The van der Waals surface area contributed by atoms with Gasteiger partial charge in [-0.25, -0.2) is 0 Å². The first-order chi connectivity index (χ1) is 14.3. The summed E-state index contributed by atoms with van der Waals surface area (Å²) >= 11 is 0. The van der Waals surface area contributed by atoms with Crippen LogP contribution in [0.3, 0.4) is 0 Å². The average Bonchev–Trinajstić information content (AvgIpc) is 2.74. The molecule has 0 atom stereocenters. The Morgan fingerprint density at radius 3 is 2.53 bits per heavy atom. The number of hydrogen-bond acceptors (Lipinski definition) is 5. The quantitative estimate of drug-likeness (QED) is 0.560. The van der Waals surface area contributed by atoms with Gasteiger partial charge in [0.2, 0.25) is 5.91 Å². The van der Waals surface area contributed by atoms with E-state index in [9.17, 15) is 19.2 Å². The monoisotopic (exact) mass is 409 g/mol. The molecule has 0 aromatic heterocycles. The molecule has 0 fully saturated rings. The number of para-hydroxylation sites is 2. The molecule has 0 unspecified atom stereocenters. The first-order valence-corrected chi connectivity index (χ1v) is 9.55. The normalized spacial score (nSPS) is 12.6. The van der Waals surface area contributed by atoms with Gasteiger partial charge < -0.3 is 4.74 Å². The molecule has 3 amide bonds. The summed E-state index contributed by atoms with van der Waals surface area (Å²) < 4.78 is 5.33. The molecule has 2 aromatic carbocycles. The van der Waals surface area contributed by atoms with Crippen molar-refractivity contribution >= 4 is 29.2 Å². The molecule has 2 aromatic rings. The molecule has 1 aliphatic heterocycles. The summed E-state index contributed by atoms with van der Waals surface area (Å²) in [6.45, 7) is 3.33. The minimum absolute atomic E-state index is 0.0291. The number of amides is 3. The van der Waals surface area contributed by atoms with Crippen LogP contribution < -0.4 is 20.5 Å². The van der Waals surface area contributed by atoms with Crippen LogP contribution in [-0.2, 0) is 14.4 Å². The molecular formula is C22H23N3O5. The lowest BCUT2D eigenvalue weighted by Crippen LogP contribution is -2.49. The highest BCUT2D eigenvalue weighted by atomic mass is 16.5. The van der Waals surface area contributed by atoms with Crippen LogP contribution in [0.15, 0.2) is 42.5 Å². The highest BCUT2D eigenvalue weighted by Crippen LogP contribution is 2.31. The van der Waals surface area contributed by atoms with Crippen molar-refractivity contribution in [2.24, 2.45) is 0 Å². The van der Waals surface area contributed by atoms with Crippen LogP contribution in [0, 0.1) is 13.8 Å². The fourth-order valence-electron chi connectivity index (χ4n) is 3.11. The van der Waals surface area contributed by atoms with E-state index >= 15 is 0 Å². The van der Waals surface area contributed by atoms with Crippen molar-refractivity contribution < 1.29 is 23.9 Å². The molecular weight excluding hydrogens is 386 g/mol. The van der Waals surface area contributed by atoms with Crippen LogP contribution >= 0.6 is 0 Å². The Bertz CT molecular complexity index is 1000. The second-order valence-electron chi connectivity index (χ2n) is 7.07. The molecule has 2 N–H and O–H groups in total. The predicted molar refractivity (Wildman–Crippen MR) is 110 cm³/mol. The second-order valence-corrected chi connectivity index (χ2v) is 7.07. The van der Waals surface area contributed by atoms with E-state index < -0.39 is 11.8 Å². The molecule has 8 heteroatoms. The largest absolute Gasteiger partial charge is 0.482 e. The van der Waals surface area contributed by atoms with Gasteiger partial charge in [0, 0.05) is 18.4 Å². The lowest BCUT2D eigenvalue weighted by molar-refractivity contribution is -0.129. The van der Waals surface area contributed by atoms with Crippen molar-refractivity contribution in [3.63, 3.8) is 0 Å². The van der Waals surface area contributed by atoms with E-state index in [2.05, 4.69) is 10.9 Å². The molecule has 0 bridgehead atoms. The predicted octanol–water partition coefficient (Wildman–Crippen LogP) is 1.84. The molecule has 1 heterocycles. The third-order valence-electron chi connectivity index (χ3n) is 4.72. The number of carbonyl (C=O) groups is 4. The SMILES string of the molecule is Cc1ccc(C)c(C(=O)CCC(=O)NNC(=O)CN2C(=O)COc3ccccc32)c1. The number of ketones is 1. The highest BCUT2D eigenvalue weighted by molar-refractivity contribution is 6.02. The van der Waals surface area contributed by atoms with Crippen LogP contribution in [-0.4, -0.2) is 36.7 Å². The zero-order chi connectivity index (χ0) is 21.7. The van der Waals surface area contributed by atoms with E-state index in [-0.39, 0.29) is 37.7 Å². The van der Waals surface area contributed by atoms with E-state index in [4.69, 9.17) is 4.74 Å². The standard InChI is InChI=1S/C22H23N3O5/c1-14-7-8-15(2)16(11-14)18(26)9-10-20(27)23-24-21(28)12-25-17-5-3-4-6-19(17)30-13-22(25)29/h3-8,11H,9-10,12-13H2,1-2H3,(H,23,27)(H,24,28). The van der Waals surface area contributed by atoms with Crippen LogP contribution in [0.1, 0.15) is 34.3 Å². The third-order valence-corrected chi connectivity index (χ3v) is 4.72. The fraction of sp³-hybridized carbons (Fsp3) is 0.273. The van der Waals surface area contributed by atoms with Crippen molar-refractivity contribution in [3.05, 3.63) is 59.2 Å². The lowest BCUT2D eigenvalue weighted by atomic mass is 9.99. The number of nitrogens with zero attached hydrogens (tertiary/aromatic N) is 1. The lowest BCUT2D eigenvalue weighted by Gasteiger charge is -2.28. The zero-order valence-electron chi connectivity index (χ0n) is 16.9. The Hall–Kier alpha value is -3.68. The summed E-state index contributed by atoms with van der Waals surface area (Å²) in [6.07, 6.45) is -0.0346. The molecule has 0 radical (unpaired) electrons. The van der Waals surface area contributed by atoms with E-state index in [1.54, 1.807) is 30.3 Å². The number of benzene rings is 2. The van der Waals surface area contributed by atoms with Crippen molar-refractivity contribution in [1.82, 2.24) is 10.9 Å². The third kappa shape index (κ3) is 5.02. The molecule has 8 nitrogen and oxygen atoms in total. The maximum atomic E-state index is 12.4. The van der Waals surface area contributed by atoms with Gasteiger partial charge in [0.1, 0.15) is 12.3 Å². The molecule has 0 spiro atoms. The van der Waals surface area contributed by atoms with Gasteiger partial charge in [-0.2, -0.15) is 0 Å². The first-order valence-electron chi connectivity index (χ1n) is 9.55. The Kier molecular flexibility index (Phi) is 6.46. The van der Waals surface area contributed by atoms with Gasteiger partial charge in [0.05, 0.1) is 5.69 Å². The Balaban J connectivity index is 1.48. The number of anilines is 1. The summed E-state index contributed by atoms with van der Waals surface area (Å²) in [6, 6.07) is 12.5. The smallest absolute Gasteiger partial charge is 0.265 e. The van der Waals surface area contributed by atoms with Crippen molar-refractivity contribution in [2.75, 3.05) is 18.1 Å². The number of hydrazine groups is 1. The highest BCUT2D eigenvalue weighted by Gasteiger charge is 2.27. The summed E-state index contributed by atoms with van der Waals surface area (Å²) in [4.78, 5) is 49.9. The molecule has 30 heavy (non-hydrogen) atoms. The molecule has 3 rings (SSSR count). The summed E-state index contributed by atoms with van der Waals surface area (Å²) in [5, 5.41) is 0. The van der Waals surface area contributed by atoms with E-state index in [0.29, 0.717) is 17.0 Å². The number of carbonyl (C=O) groups excluding carboxylic acids is 4. The van der Waals surface area contributed by atoms with Gasteiger partial charge in [-0.1, -0.05) is 29.8 Å². The summed E-state index contributed by atoms with van der Waals surface area (Å²) in [7, 11) is 0. The maximum absolute atomic E-state index is 12.4. The molecule has 0 saturated carbocycles. The van der Waals surface area contributed by atoms with Gasteiger partial charge in [-0.3, -0.25) is 34.9 Å². The van der Waals surface area contributed by atoms with Gasteiger partial charge in [0.25, 0.3) is 11.8 Å². The zero-order valence-corrected chi connectivity index (χ0v) is 16.9. The number of nitrogens with one attached hydrogen (secondary N) is 2. The topological polar surface area (TPSA) is 105 Å². The van der Waals surface area contributed by atoms with Crippen LogP contribution in [0.25, 0.3) is 0 Å². The van der Waals surface area contributed by atoms with Gasteiger partial charge in [-0.15, -0.1) is 0 Å². The number of Topliss-reactive ketones (excluding diaryl/α,β-unsaturated/α-hetero) is 1. The summed E-state index contributed by atoms with van der Waals surface area (Å²) in [5.41, 5.74) is 7.48. The second kappa shape index (κ2) is 9.21. The molecule has 1 aliphatic rings. The van der Waals surface area contributed by atoms with Gasteiger partial charge in [0.15, 0.2) is 12.4 Å². The van der Waals surface area contributed by atoms with Crippen molar-refractivity contribution in [1.29, 1.82) is 0 Å². The molecule has 0 saturated heterocycles. The maximum Gasteiger partial charge on any atom is 0.265 e. The fourth-order valence-corrected chi connectivity index (χ4v) is 3.11. The summed E-state index contributed by atoms with van der Waals surface area (Å²) in [5.74, 6) is -1.02. The Morgan fingerprint density at radius 2 is 1.73 bits per heavy atom. The molecule has 0 aliphatic carbocycles.